The van der Waals surface area contributed by atoms with E-state index in [9.17, 15) is 0 Å². The van der Waals surface area contributed by atoms with Crippen molar-refractivity contribution in [2.24, 2.45) is 5.92 Å². The Labute approximate surface area is 132 Å². The van der Waals surface area contributed by atoms with E-state index >= 15 is 0 Å². The van der Waals surface area contributed by atoms with Crippen LogP contribution in [0.1, 0.15) is 31.2 Å². The third kappa shape index (κ3) is 4.35. The molecular formula is C17H25ClN2O. The molecule has 0 aromatic heterocycles. The zero-order valence-electron chi connectivity index (χ0n) is 12.8. The van der Waals surface area contributed by atoms with Crippen molar-refractivity contribution < 1.29 is 4.74 Å². The fraction of sp³-hybridized carbons (Fsp3) is 0.647. The van der Waals surface area contributed by atoms with Crippen LogP contribution in [0, 0.1) is 5.92 Å². The zero-order chi connectivity index (χ0) is 14.7. The first-order valence-corrected chi connectivity index (χ1v) is 8.41. The molecule has 0 spiro atoms. The minimum absolute atomic E-state index is 0.631. The van der Waals surface area contributed by atoms with Crippen LogP contribution in [0.3, 0.4) is 0 Å². The molecule has 21 heavy (non-hydrogen) atoms. The number of halogens is 1. The van der Waals surface area contributed by atoms with Gasteiger partial charge in [0.1, 0.15) is 0 Å². The summed E-state index contributed by atoms with van der Waals surface area (Å²) >= 11 is 6.21. The van der Waals surface area contributed by atoms with Gasteiger partial charge in [0.05, 0.1) is 6.61 Å². The van der Waals surface area contributed by atoms with Gasteiger partial charge in [-0.25, -0.2) is 0 Å². The second-order valence-corrected chi connectivity index (χ2v) is 6.83. The molecule has 1 saturated heterocycles. The van der Waals surface area contributed by atoms with E-state index in [4.69, 9.17) is 16.3 Å². The van der Waals surface area contributed by atoms with Crippen LogP contribution in [0.4, 0.5) is 5.69 Å². The van der Waals surface area contributed by atoms with Gasteiger partial charge in [0.2, 0.25) is 0 Å². The first-order chi connectivity index (χ1) is 10.2. The van der Waals surface area contributed by atoms with Gasteiger partial charge in [-0.1, -0.05) is 17.7 Å². The molecule has 0 amide bonds. The van der Waals surface area contributed by atoms with Gasteiger partial charge in [-0.15, -0.1) is 0 Å². The number of benzene rings is 1. The van der Waals surface area contributed by atoms with Gasteiger partial charge in [-0.3, -0.25) is 0 Å². The van der Waals surface area contributed by atoms with Gasteiger partial charge in [-0.05, 0) is 49.3 Å². The fourth-order valence-electron chi connectivity index (χ4n) is 3.02. The summed E-state index contributed by atoms with van der Waals surface area (Å²) in [7, 11) is 2.17. The van der Waals surface area contributed by atoms with Crippen molar-refractivity contribution in [3.8, 4) is 0 Å². The minimum atomic E-state index is 0.631. The summed E-state index contributed by atoms with van der Waals surface area (Å²) in [5.41, 5.74) is 2.59. The normalized spacial score (nSPS) is 22.3. The highest BCUT2D eigenvalue weighted by Gasteiger charge is 2.22. The lowest BCUT2D eigenvalue weighted by atomic mass is 10.0. The molecule has 1 aromatic rings. The third-order valence-electron chi connectivity index (χ3n) is 4.40. The van der Waals surface area contributed by atoms with E-state index < -0.39 is 0 Å². The Kier molecular flexibility index (Phi) is 5.04. The van der Waals surface area contributed by atoms with E-state index in [0.717, 1.165) is 37.4 Å². The number of anilines is 1. The van der Waals surface area contributed by atoms with Gasteiger partial charge >= 0.3 is 0 Å². The van der Waals surface area contributed by atoms with Gasteiger partial charge in [0, 0.05) is 43.5 Å². The largest absolute Gasteiger partial charge is 0.381 e. The average molecular weight is 309 g/mol. The Balaban J connectivity index is 1.66. The molecule has 1 N–H and O–H groups in total. The van der Waals surface area contributed by atoms with Crippen molar-refractivity contribution in [1.29, 1.82) is 0 Å². The van der Waals surface area contributed by atoms with Crippen molar-refractivity contribution in [2.45, 2.75) is 38.3 Å². The number of nitrogens with one attached hydrogen (secondary N) is 1. The van der Waals surface area contributed by atoms with E-state index in [2.05, 4.69) is 29.4 Å². The molecule has 1 unspecified atom stereocenters. The molecule has 3 nitrogen and oxygen atoms in total. The SMILES string of the molecule is CN(CC1CCCOC1)c1cc(Cl)ccc1CNC1CC1. The Morgan fingerprint density at radius 1 is 1.33 bits per heavy atom. The van der Waals surface area contributed by atoms with Crippen LogP contribution in [0.15, 0.2) is 18.2 Å². The highest BCUT2D eigenvalue weighted by Crippen LogP contribution is 2.27. The summed E-state index contributed by atoms with van der Waals surface area (Å²) in [6.45, 7) is 3.79. The molecule has 0 radical (unpaired) electrons. The molecule has 1 atom stereocenters. The fourth-order valence-corrected chi connectivity index (χ4v) is 3.19. The van der Waals surface area contributed by atoms with Crippen molar-refractivity contribution >= 4 is 17.3 Å². The molecule has 2 aliphatic rings. The first kappa shape index (κ1) is 15.1. The van der Waals surface area contributed by atoms with Crippen molar-refractivity contribution in [3.05, 3.63) is 28.8 Å². The quantitative estimate of drug-likeness (QED) is 0.871. The Bertz CT molecular complexity index is 470. The second-order valence-electron chi connectivity index (χ2n) is 6.39. The third-order valence-corrected chi connectivity index (χ3v) is 4.64. The summed E-state index contributed by atoms with van der Waals surface area (Å²) in [5.74, 6) is 0.631. The van der Waals surface area contributed by atoms with Crippen molar-refractivity contribution in [1.82, 2.24) is 5.32 Å². The van der Waals surface area contributed by atoms with Crippen LogP contribution in [-0.4, -0.2) is 32.8 Å². The summed E-state index contributed by atoms with van der Waals surface area (Å²) in [6, 6.07) is 6.97. The molecule has 1 aromatic carbocycles. The van der Waals surface area contributed by atoms with Gasteiger partial charge in [0.25, 0.3) is 0 Å². The number of nitrogens with zero attached hydrogens (tertiary/aromatic N) is 1. The predicted octanol–water partition coefficient (Wildman–Crippen LogP) is 3.45. The lowest BCUT2D eigenvalue weighted by Crippen LogP contribution is -2.31. The van der Waals surface area contributed by atoms with E-state index in [1.54, 1.807) is 0 Å². The highest BCUT2D eigenvalue weighted by atomic mass is 35.5. The molecular weight excluding hydrogens is 284 g/mol. The summed E-state index contributed by atoms with van der Waals surface area (Å²) in [4.78, 5) is 2.34. The van der Waals surface area contributed by atoms with E-state index in [1.165, 1.54) is 36.9 Å². The molecule has 3 rings (SSSR count). The summed E-state index contributed by atoms with van der Waals surface area (Å²) < 4.78 is 5.59. The van der Waals surface area contributed by atoms with Gasteiger partial charge < -0.3 is 15.0 Å². The predicted molar refractivity (Wildman–Crippen MR) is 88.1 cm³/mol. The maximum atomic E-state index is 6.21. The zero-order valence-corrected chi connectivity index (χ0v) is 13.5. The molecule has 4 heteroatoms. The molecule has 1 heterocycles. The Morgan fingerprint density at radius 3 is 2.90 bits per heavy atom. The smallest absolute Gasteiger partial charge is 0.0511 e. The Morgan fingerprint density at radius 2 is 2.19 bits per heavy atom. The molecule has 2 fully saturated rings. The standard InChI is InChI=1S/C17H25ClN2O/c1-20(11-13-3-2-8-21-12-13)17-9-15(18)5-4-14(17)10-19-16-6-7-16/h4-5,9,13,16,19H,2-3,6-8,10-12H2,1H3. The first-order valence-electron chi connectivity index (χ1n) is 8.03. The lowest BCUT2D eigenvalue weighted by Gasteiger charge is -2.30. The summed E-state index contributed by atoms with van der Waals surface area (Å²) in [5, 5.41) is 4.41. The number of ether oxygens (including phenoxy) is 1. The highest BCUT2D eigenvalue weighted by molar-refractivity contribution is 6.30. The van der Waals surface area contributed by atoms with Crippen LogP contribution in [0.25, 0.3) is 0 Å². The van der Waals surface area contributed by atoms with Crippen LogP contribution in [-0.2, 0) is 11.3 Å². The molecule has 1 aliphatic carbocycles. The number of hydrogen-bond acceptors (Lipinski definition) is 3. The van der Waals surface area contributed by atoms with E-state index in [-0.39, 0.29) is 0 Å². The number of rotatable bonds is 6. The number of hydrogen-bond donors (Lipinski definition) is 1. The van der Waals surface area contributed by atoms with Gasteiger partial charge in [-0.2, -0.15) is 0 Å². The Hall–Kier alpha value is -0.770. The maximum Gasteiger partial charge on any atom is 0.0511 e. The van der Waals surface area contributed by atoms with Gasteiger partial charge in [0.15, 0.2) is 0 Å². The summed E-state index contributed by atoms with van der Waals surface area (Å²) in [6.07, 6.45) is 5.08. The lowest BCUT2D eigenvalue weighted by molar-refractivity contribution is 0.0576. The molecule has 0 bridgehead atoms. The molecule has 1 aliphatic heterocycles. The molecule has 116 valence electrons. The monoisotopic (exact) mass is 308 g/mol. The van der Waals surface area contributed by atoms with E-state index in [1.807, 2.05) is 6.07 Å². The van der Waals surface area contributed by atoms with Crippen LogP contribution in [0.5, 0.6) is 0 Å². The molecule has 1 saturated carbocycles. The van der Waals surface area contributed by atoms with Crippen LogP contribution >= 0.6 is 11.6 Å². The van der Waals surface area contributed by atoms with E-state index in [0.29, 0.717) is 5.92 Å². The second kappa shape index (κ2) is 6.99. The topological polar surface area (TPSA) is 24.5 Å². The van der Waals surface area contributed by atoms with Crippen LogP contribution < -0.4 is 10.2 Å². The average Bonchev–Trinajstić information content (AvgIpc) is 3.31. The van der Waals surface area contributed by atoms with Crippen LogP contribution in [0.2, 0.25) is 5.02 Å². The van der Waals surface area contributed by atoms with Crippen molar-refractivity contribution in [2.75, 3.05) is 31.7 Å². The maximum absolute atomic E-state index is 6.21. The minimum Gasteiger partial charge on any atom is -0.381 e. The van der Waals surface area contributed by atoms with Crippen molar-refractivity contribution in [3.63, 3.8) is 0 Å².